The van der Waals surface area contributed by atoms with Crippen LogP contribution in [0.3, 0.4) is 0 Å². The molecule has 0 saturated carbocycles. The Morgan fingerprint density at radius 2 is 1.92 bits per heavy atom. The zero-order valence-corrected chi connectivity index (χ0v) is 15.9. The second-order valence-electron chi connectivity index (χ2n) is 6.56. The first-order valence-corrected chi connectivity index (χ1v) is 9.48. The molecule has 0 bridgehead atoms. The van der Waals surface area contributed by atoms with Gasteiger partial charge in [-0.1, -0.05) is 22.2 Å². The number of carbonyl (C=O) groups is 1. The summed E-state index contributed by atoms with van der Waals surface area (Å²) in [5, 5.41) is 14.1. The van der Waals surface area contributed by atoms with Crippen LogP contribution in [0, 0.1) is 13.8 Å². The Kier molecular flexibility index (Phi) is 6.18. The molecule has 1 aromatic heterocycles. The summed E-state index contributed by atoms with van der Waals surface area (Å²) in [6.45, 7) is 7.37. The van der Waals surface area contributed by atoms with E-state index in [1.165, 1.54) is 5.56 Å². The Bertz CT molecular complexity index is 726. The smallest absolute Gasteiger partial charge is 0.267 e. The Labute approximate surface area is 157 Å². The van der Waals surface area contributed by atoms with Gasteiger partial charge in [-0.05, 0) is 37.5 Å². The van der Waals surface area contributed by atoms with E-state index in [0.717, 1.165) is 30.4 Å². The summed E-state index contributed by atoms with van der Waals surface area (Å²) in [5.74, 6) is 0.763. The van der Waals surface area contributed by atoms with Crippen molar-refractivity contribution in [1.29, 1.82) is 0 Å². The summed E-state index contributed by atoms with van der Waals surface area (Å²) in [6.07, 6.45) is -0.563. The number of rotatable bonds is 6. The molecule has 8 heteroatoms. The number of β-amino-alcohol motifs (C(OH)–C–C–N with tert-alkyl or cyclic N) is 1. The van der Waals surface area contributed by atoms with Gasteiger partial charge in [0.15, 0.2) is 0 Å². The number of piperazine rings is 1. The summed E-state index contributed by atoms with van der Waals surface area (Å²) in [5.41, 5.74) is 1.86. The van der Waals surface area contributed by atoms with Gasteiger partial charge in [0.25, 0.3) is 5.91 Å². The molecule has 1 saturated heterocycles. The molecule has 0 spiro atoms. The van der Waals surface area contributed by atoms with Crippen LogP contribution in [0.2, 0.25) is 0 Å². The Morgan fingerprint density at radius 1 is 1.23 bits per heavy atom. The van der Waals surface area contributed by atoms with Gasteiger partial charge in [0.1, 0.15) is 23.3 Å². The van der Waals surface area contributed by atoms with Crippen LogP contribution in [0.1, 0.15) is 20.9 Å². The number of hydrogen-bond acceptors (Lipinski definition) is 7. The van der Waals surface area contributed by atoms with Crippen LogP contribution >= 0.6 is 11.5 Å². The van der Waals surface area contributed by atoms with Gasteiger partial charge < -0.3 is 14.7 Å². The quantitative estimate of drug-likeness (QED) is 0.820. The van der Waals surface area contributed by atoms with Crippen molar-refractivity contribution < 1.29 is 14.6 Å². The highest BCUT2D eigenvalue weighted by Gasteiger charge is 2.25. The number of benzene rings is 1. The molecule has 0 aliphatic carbocycles. The van der Waals surface area contributed by atoms with Gasteiger partial charge in [-0.25, -0.2) is 0 Å². The van der Waals surface area contributed by atoms with Gasteiger partial charge in [0.2, 0.25) is 0 Å². The van der Waals surface area contributed by atoms with E-state index in [0.29, 0.717) is 30.2 Å². The van der Waals surface area contributed by atoms with Crippen LogP contribution in [-0.2, 0) is 0 Å². The number of ether oxygens (including phenoxy) is 1. The third kappa shape index (κ3) is 4.78. The number of aryl methyl sites for hydroxylation is 2. The summed E-state index contributed by atoms with van der Waals surface area (Å²) < 4.78 is 9.46. The van der Waals surface area contributed by atoms with Crippen LogP contribution in [0.15, 0.2) is 24.3 Å². The average molecular weight is 376 g/mol. The number of amides is 1. The molecule has 3 rings (SSSR count). The van der Waals surface area contributed by atoms with E-state index in [-0.39, 0.29) is 12.5 Å². The first kappa shape index (κ1) is 18.8. The molecule has 1 amide bonds. The summed E-state index contributed by atoms with van der Waals surface area (Å²) >= 11 is 1.15. The van der Waals surface area contributed by atoms with Gasteiger partial charge in [-0.2, -0.15) is 0 Å². The third-order valence-electron chi connectivity index (χ3n) is 4.44. The molecule has 7 nitrogen and oxygen atoms in total. The second-order valence-corrected chi connectivity index (χ2v) is 7.31. The molecule has 1 aromatic carbocycles. The topological polar surface area (TPSA) is 78.8 Å². The van der Waals surface area contributed by atoms with Crippen LogP contribution in [0.4, 0.5) is 0 Å². The van der Waals surface area contributed by atoms with E-state index in [1.807, 2.05) is 36.1 Å². The van der Waals surface area contributed by atoms with Gasteiger partial charge in [0, 0.05) is 32.7 Å². The first-order chi connectivity index (χ1) is 12.5. The first-order valence-electron chi connectivity index (χ1n) is 8.71. The molecular formula is C18H24N4O3S. The van der Waals surface area contributed by atoms with Crippen LogP contribution in [-0.4, -0.2) is 75.8 Å². The minimum atomic E-state index is -0.563. The SMILES string of the molecule is Cc1ccc(OCC(O)CN2CCN(C(=O)c3snnc3C)CC2)cc1. The molecule has 1 atom stereocenters. The zero-order chi connectivity index (χ0) is 18.5. The van der Waals surface area contributed by atoms with Crippen molar-refractivity contribution in [2.45, 2.75) is 20.0 Å². The van der Waals surface area contributed by atoms with Gasteiger partial charge in [0.05, 0.1) is 5.69 Å². The van der Waals surface area contributed by atoms with E-state index in [2.05, 4.69) is 14.5 Å². The Balaban J connectivity index is 1.41. The van der Waals surface area contributed by atoms with Crippen molar-refractivity contribution >= 4 is 17.4 Å². The molecule has 1 unspecified atom stereocenters. The molecule has 1 fully saturated rings. The monoisotopic (exact) mass is 376 g/mol. The maximum atomic E-state index is 12.5. The largest absolute Gasteiger partial charge is 0.491 e. The lowest BCUT2D eigenvalue weighted by Crippen LogP contribution is -2.50. The van der Waals surface area contributed by atoms with Gasteiger partial charge in [-0.15, -0.1) is 5.10 Å². The predicted octanol–water partition coefficient (Wildman–Crippen LogP) is 1.35. The Hall–Kier alpha value is -2.03. The molecule has 1 N–H and O–H groups in total. The minimum absolute atomic E-state index is 0.000373. The lowest BCUT2D eigenvalue weighted by Gasteiger charge is -2.35. The average Bonchev–Trinajstić information content (AvgIpc) is 3.07. The highest BCUT2D eigenvalue weighted by molar-refractivity contribution is 7.07. The van der Waals surface area contributed by atoms with E-state index in [9.17, 15) is 9.90 Å². The summed E-state index contributed by atoms with van der Waals surface area (Å²) in [7, 11) is 0. The van der Waals surface area contributed by atoms with Crippen LogP contribution in [0.5, 0.6) is 5.75 Å². The maximum absolute atomic E-state index is 12.5. The number of hydrogen-bond donors (Lipinski definition) is 1. The van der Waals surface area contributed by atoms with Crippen LogP contribution in [0.25, 0.3) is 0 Å². The molecule has 1 aliphatic heterocycles. The number of aliphatic hydroxyl groups excluding tert-OH is 1. The van der Waals surface area contributed by atoms with Crippen molar-refractivity contribution in [1.82, 2.24) is 19.4 Å². The molecule has 2 heterocycles. The fraction of sp³-hybridized carbons (Fsp3) is 0.500. The van der Waals surface area contributed by atoms with Gasteiger partial charge in [-0.3, -0.25) is 9.69 Å². The maximum Gasteiger partial charge on any atom is 0.267 e. The molecular weight excluding hydrogens is 352 g/mol. The zero-order valence-electron chi connectivity index (χ0n) is 15.1. The fourth-order valence-electron chi connectivity index (χ4n) is 2.88. The molecule has 0 radical (unpaired) electrons. The number of nitrogens with zero attached hydrogens (tertiary/aromatic N) is 4. The van der Waals surface area contributed by atoms with Crippen molar-refractivity contribution in [2.75, 3.05) is 39.3 Å². The second kappa shape index (κ2) is 8.57. The van der Waals surface area contributed by atoms with Crippen LogP contribution < -0.4 is 4.74 Å². The van der Waals surface area contributed by atoms with Crippen molar-refractivity contribution in [3.63, 3.8) is 0 Å². The fourth-order valence-corrected chi connectivity index (χ4v) is 3.51. The van der Waals surface area contributed by atoms with E-state index in [4.69, 9.17) is 4.74 Å². The number of aliphatic hydroxyl groups is 1. The Morgan fingerprint density at radius 3 is 2.54 bits per heavy atom. The number of aromatic nitrogens is 2. The molecule has 1 aliphatic rings. The normalized spacial score (nSPS) is 16.5. The van der Waals surface area contributed by atoms with Crippen molar-refractivity contribution in [2.24, 2.45) is 0 Å². The standard InChI is InChI=1S/C18H24N4O3S/c1-13-3-5-16(6-4-13)25-12-15(23)11-21-7-9-22(10-8-21)18(24)17-14(2)19-20-26-17/h3-6,15,23H,7-12H2,1-2H3. The molecule has 140 valence electrons. The van der Waals surface area contributed by atoms with E-state index >= 15 is 0 Å². The highest BCUT2D eigenvalue weighted by atomic mass is 32.1. The van der Waals surface area contributed by atoms with Crippen molar-refractivity contribution in [3.8, 4) is 5.75 Å². The van der Waals surface area contributed by atoms with E-state index < -0.39 is 6.10 Å². The highest BCUT2D eigenvalue weighted by Crippen LogP contribution is 2.15. The number of carbonyl (C=O) groups excluding carboxylic acids is 1. The summed E-state index contributed by atoms with van der Waals surface area (Å²) in [4.78, 5) is 17.1. The lowest BCUT2D eigenvalue weighted by molar-refractivity contribution is 0.0405. The van der Waals surface area contributed by atoms with Crippen molar-refractivity contribution in [3.05, 3.63) is 40.4 Å². The minimum Gasteiger partial charge on any atom is -0.491 e. The van der Waals surface area contributed by atoms with E-state index in [1.54, 1.807) is 6.92 Å². The third-order valence-corrected chi connectivity index (χ3v) is 5.25. The molecule has 2 aromatic rings. The lowest BCUT2D eigenvalue weighted by atomic mass is 10.2. The van der Waals surface area contributed by atoms with Gasteiger partial charge >= 0.3 is 0 Å². The predicted molar refractivity (Wildman–Crippen MR) is 99.7 cm³/mol. The summed E-state index contributed by atoms with van der Waals surface area (Å²) in [6, 6.07) is 7.78. The molecule has 26 heavy (non-hydrogen) atoms.